The fourth-order valence-electron chi connectivity index (χ4n) is 1.88. The number of carbonyl (C=O) groups is 1. The van der Waals surface area contributed by atoms with Crippen molar-refractivity contribution in [1.29, 1.82) is 0 Å². The van der Waals surface area contributed by atoms with Crippen LogP contribution < -0.4 is 5.32 Å². The van der Waals surface area contributed by atoms with Crippen LogP contribution in [0.1, 0.15) is 30.6 Å². The van der Waals surface area contributed by atoms with Crippen molar-refractivity contribution >= 4 is 5.97 Å². The summed E-state index contributed by atoms with van der Waals surface area (Å²) in [6.07, 6.45) is -2.49. The molecule has 1 aromatic carbocycles. The largest absolute Gasteiger partial charge is 0.466 e. The van der Waals surface area contributed by atoms with E-state index in [1.54, 1.807) is 26.1 Å². The van der Waals surface area contributed by atoms with E-state index in [0.29, 0.717) is 12.1 Å². The van der Waals surface area contributed by atoms with Gasteiger partial charge < -0.3 is 20.3 Å². The van der Waals surface area contributed by atoms with Crippen LogP contribution in [0.2, 0.25) is 0 Å². The number of aliphatic hydroxyl groups is 2. The third-order valence-electron chi connectivity index (χ3n) is 2.79. The van der Waals surface area contributed by atoms with Gasteiger partial charge in [0.05, 0.1) is 19.1 Å². The third-order valence-corrected chi connectivity index (χ3v) is 2.79. The van der Waals surface area contributed by atoms with Gasteiger partial charge in [0.15, 0.2) is 0 Å². The average Bonchev–Trinajstić information content (AvgIpc) is 2.39. The van der Waals surface area contributed by atoms with Crippen molar-refractivity contribution in [1.82, 2.24) is 5.32 Å². The van der Waals surface area contributed by atoms with Crippen molar-refractivity contribution in [3.05, 3.63) is 35.4 Å². The summed E-state index contributed by atoms with van der Waals surface area (Å²) in [4.78, 5) is 11.3. The fourth-order valence-corrected chi connectivity index (χ4v) is 1.88. The van der Waals surface area contributed by atoms with Crippen molar-refractivity contribution < 1.29 is 19.7 Å². The Balaban J connectivity index is 2.75. The Morgan fingerprint density at radius 1 is 1.37 bits per heavy atom. The van der Waals surface area contributed by atoms with Gasteiger partial charge in [-0.25, -0.2) is 0 Å². The van der Waals surface area contributed by atoms with Crippen LogP contribution in [-0.4, -0.2) is 35.9 Å². The van der Waals surface area contributed by atoms with E-state index in [4.69, 9.17) is 4.74 Å². The van der Waals surface area contributed by atoms with Crippen molar-refractivity contribution in [2.45, 2.75) is 32.1 Å². The molecule has 1 rings (SSSR count). The van der Waals surface area contributed by atoms with Gasteiger partial charge in [0.2, 0.25) is 0 Å². The Morgan fingerprint density at radius 2 is 2.05 bits per heavy atom. The molecule has 0 aliphatic rings. The standard InChI is InChI=1S/C14H21NO4/c1-3-19-13(17)8-12(16)14(18)11-7-5-4-6-10(11)9-15-2/h4-7,12,14-16,18H,3,8-9H2,1-2H3. The van der Waals surface area contributed by atoms with E-state index in [1.165, 1.54) is 0 Å². The van der Waals surface area contributed by atoms with Crippen LogP contribution in [0.4, 0.5) is 0 Å². The minimum atomic E-state index is -1.17. The topological polar surface area (TPSA) is 78.8 Å². The summed E-state index contributed by atoms with van der Waals surface area (Å²) in [7, 11) is 1.80. The van der Waals surface area contributed by atoms with Gasteiger partial charge in [0.1, 0.15) is 6.10 Å². The maximum absolute atomic E-state index is 11.3. The van der Waals surface area contributed by atoms with Crippen LogP contribution in [0, 0.1) is 0 Å². The van der Waals surface area contributed by atoms with Crippen LogP contribution in [0.25, 0.3) is 0 Å². The van der Waals surface area contributed by atoms with Crippen LogP contribution in [0.3, 0.4) is 0 Å². The van der Waals surface area contributed by atoms with Gasteiger partial charge in [0, 0.05) is 6.54 Å². The summed E-state index contributed by atoms with van der Waals surface area (Å²) in [5, 5.41) is 23.0. The summed E-state index contributed by atoms with van der Waals surface area (Å²) >= 11 is 0. The smallest absolute Gasteiger partial charge is 0.308 e. The lowest BCUT2D eigenvalue weighted by Gasteiger charge is -2.20. The number of esters is 1. The number of nitrogens with one attached hydrogen (secondary N) is 1. The van der Waals surface area contributed by atoms with Crippen LogP contribution >= 0.6 is 0 Å². The Hall–Kier alpha value is -1.43. The molecule has 0 saturated heterocycles. The summed E-state index contributed by atoms with van der Waals surface area (Å²) < 4.78 is 4.75. The van der Waals surface area contributed by atoms with Gasteiger partial charge in [-0.1, -0.05) is 24.3 Å². The predicted molar refractivity (Wildman–Crippen MR) is 71.4 cm³/mol. The monoisotopic (exact) mass is 267 g/mol. The molecule has 0 radical (unpaired) electrons. The molecule has 0 aliphatic carbocycles. The highest BCUT2D eigenvalue weighted by Gasteiger charge is 2.23. The molecule has 2 atom stereocenters. The number of hydrogen-bond donors (Lipinski definition) is 3. The van der Waals surface area contributed by atoms with Crippen LogP contribution in [0.5, 0.6) is 0 Å². The average molecular weight is 267 g/mol. The summed E-state index contributed by atoms with van der Waals surface area (Å²) in [6, 6.07) is 7.26. The second-order valence-corrected chi connectivity index (χ2v) is 4.25. The van der Waals surface area contributed by atoms with Crippen molar-refractivity contribution in [2.24, 2.45) is 0 Å². The lowest BCUT2D eigenvalue weighted by atomic mass is 9.97. The Kier molecular flexibility index (Phi) is 6.49. The summed E-state index contributed by atoms with van der Waals surface area (Å²) in [5.74, 6) is -0.514. The van der Waals surface area contributed by atoms with E-state index in [0.717, 1.165) is 5.56 Å². The summed E-state index contributed by atoms with van der Waals surface area (Å²) in [5.41, 5.74) is 1.51. The zero-order valence-electron chi connectivity index (χ0n) is 11.3. The van der Waals surface area contributed by atoms with E-state index in [1.807, 2.05) is 12.1 Å². The quantitative estimate of drug-likeness (QED) is 0.635. The number of aliphatic hydroxyl groups excluding tert-OH is 2. The SMILES string of the molecule is CCOC(=O)CC(O)C(O)c1ccccc1CNC. The molecule has 0 saturated carbocycles. The normalized spacial score (nSPS) is 13.9. The predicted octanol–water partition coefficient (Wildman–Crippen LogP) is 0.754. The van der Waals surface area contributed by atoms with Crippen molar-refractivity contribution in [2.75, 3.05) is 13.7 Å². The van der Waals surface area contributed by atoms with Gasteiger partial charge in [-0.15, -0.1) is 0 Å². The summed E-state index contributed by atoms with van der Waals surface area (Å²) in [6.45, 7) is 2.54. The van der Waals surface area contributed by atoms with E-state index < -0.39 is 18.2 Å². The Morgan fingerprint density at radius 3 is 2.68 bits per heavy atom. The molecule has 0 fully saturated rings. The molecule has 106 valence electrons. The molecule has 0 amide bonds. The Bertz CT molecular complexity index is 408. The molecule has 0 bridgehead atoms. The number of carbonyl (C=O) groups excluding carboxylic acids is 1. The van der Waals surface area contributed by atoms with Crippen molar-refractivity contribution in [3.8, 4) is 0 Å². The third kappa shape index (κ3) is 4.63. The second kappa shape index (κ2) is 7.89. The minimum absolute atomic E-state index is 0.219. The lowest BCUT2D eigenvalue weighted by Crippen LogP contribution is -2.24. The molecule has 5 nitrogen and oxygen atoms in total. The highest BCUT2D eigenvalue weighted by Crippen LogP contribution is 2.23. The van der Waals surface area contributed by atoms with E-state index >= 15 is 0 Å². The first-order valence-corrected chi connectivity index (χ1v) is 6.34. The zero-order chi connectivity index (χ0) is 14.3. The first kappa shape index (κ1) is 15.6. The van der Waals surface area contributed by atoms with E-state index in [-0.39, 0.29) is 13.0 Å². The van der Waals surface area contributed by atoms with E-state index in [9.17, 15) is 15.0 Å². The molecule has 0 aliphatic heterocycles. The molecule has 0 spiro atoms. The highest BCUT2D eigenvalue weighted by molar-refractivity contribution is 5.70. The zero-order valence-corrected chi connectivity index (χ0v) is 11.3. The molecule has 1 aromatic rings. The lowest BCUT2D eigenvalue weighted by molar-refractivity contribution is -0.147. The van der Waals surface area contributed by atoms with Gasteiger partial charge in [-0.2, -0.15) is 0 Å². The molecule has 0 heterocycles. The Labute approximate surface area is 113 Å². The van der Waals surface area contributed by atoms with E-state index in [2.05, 4.69) is 5.32 Å². The number of rotatable bonds is 7. The van der Waals surface area contributed by atoms with Gasteiger partial charge in [-0.3, -0.25) is 4.79 Å². The molecule has 5 heteroatoms. The van der Waals surface area contributed by atoms with Crippen molar-refractivity contribution in [3.63, 3.8) is 0 Å². The maximum atomic E-state index is 11.3. The molecular weight excluding hydrogens is 246 g/mol. The maximum Gasteiger partial charge on any atom is 0.308 e. The number of benzene rings is 1. The van der Waals surface area contributed by atoms with Crippen LogP contribution in [-0.2, 0) is 16.1 Å². The van der Waals surface area contributed by atoms with Gasteiger partial charge in [-0.05, 0) is 25.1 Å². The molecule has 0 aromatic heterocycles. The molecular formula is C14H21NO4. The molecule has 2 unspecified atom stereocenters. The fraction of sp³-hybridized carbons (Fsp3) is 0.500. The van der Waals surface area contributed by atoms with Gasteiger partial charge >= 0.3 is 5.97 Å². The molecule has 3 N–H and O–H groups in total. The molecule has 19 heavy (non-hydrogen) atoms. The number of hydrogen-bond acceptors (Lipinski definition) is 5. The first-order chi connectivity index (χ1) is 9.10. The number of ether oxygens (including phenoxy) is 1. The minimum Gasteiger partial charge on any atom is -0.466 e. The van der Waals surface area contributed by atoms with Crippen LogP contribution in [0.15, 0.2) is 24.3 Å². The highest BCUT2D eigenvalue weighted by atomic mass is 16.5. The first-order valence-electron chi connectivity index (χ1n) is 6.34. The second-order valence-electron chi connectivity index (χ2n) is 4.25. The van der Waals surface area contributed by atoms with Gasteiger partial charge in [0.25, 0.3) is 0 Å².